The van der Waals surface area contributed by atoms with Crippen molar-refractivity contribution in [2.24, 2.45) is 11.8 Å². The van der Waals surface area contributed by atoms with Crippen molar-refractivity contribution < 1.29 is 0 Å². The molecular formula is C52H78N2O2S4. The Kier molecular flexibility index (Phi) is 20.0. The zero-order chi connectivity index (χ0) is 42.1. The number of hydrogen-bond acceptors (Lipinski definition) is 6. The highest BCUT2D eigenvalue weighted by atomic mass is 32.1. The van der Waals surface area contributed by atoms with Crippen molar-refractivity contribution in [1.29, 1.82) is 0 Å². The second-order valence-electron chi connectivity index (χ2n) is 18.3. The molecule has 0 N–H and O–H groups in total. The van der Waals surface area contributed by atoms with Crippen molar-refractivity contribution in [1.82, 2.24) is 9.13 Å². The maximum Gasteiger partial charge on any atom is 0.261 e. The van der Waals surface area contributed by atoms with E-state index in [0.717, 1.165) is 53.7 Å². The van der Waals surface area contributed by atoms with Gasteiger partial charge in [0.25, 0.3) is 11.1 Å². The topological polar surface area (TPSA) is 44.0 Å². The number of aromatic nitrogens is 2. The highest BCUT2D eigenvalue weighted by Gasteiger charge is 2.26. The number of fused-ring (bicyclic) bond motifs is 9. The summed E-state index contributed by atoms with van der Waals surface area (Å²) in [6.07, 6.45) is 36.2. The van der Waals surface area contributed by atoms with Crippen LogP contribution >= 0.6 is 45.3 Å². The Morgan fingerprint density at radius 2 is 0.683 bits per heavy atom. The molecule has 6 aromatic heterocycles. The molecule has 0 amide bonds. The molecule has 0 radical (unpaired) electrons. The molecule has 4 nitrogen and oxygen atoms in total. The third-order valence-corrected chi connectivity index (χ3v) is 18.1. The van der Waals surface area contributed by atoms with Gasteiger partial charge in [-0.2, -0.15) is 0 Å². The average Bonchev–Trinajstić information content (AvgIpc) is 4.07. The lowest BCUT2D eigenvalue weighted by atomic mass is 9.93. The molecule has 0 fully saturated rings. The van der Waals surface area contributed by atoms with E-state index in [9.17, 15) is 0 Å². The Bertz CT molecular complexity index is 2090. The average molecular weight is 891 g/mol. The van der Waals surface area contributed by atoms with Crippen molar-refractivity contribution in [2.45, 2.75) is 221 Å². The van der Waals surface area contributed by atoms with Crippen molar-refractivity contribution in [3.63, 3.8) is 0 Å². The summed E-state index contributed by atoms with van der Waals surface area (Å²) in [4.78, 5) is 30.0. The molecule has 0 saturated carbocycles. The minimum atomic E-state index is 0.158. The minimum Gasteiger partial charge on any atom is -0.306 e. The monoisotopic (exact) mass is 890 g/mol. The van der Waals surface area contributed by atoms with Crippen LogP contribution < -0.4 is 11.1 Å². The Morgan fingerprint density at radius 3 is 1.00 bits per heavy atom. The van der Waals surface area contributed by atoms with Crippen LogP contribution in [0.4, 0.5) is 0 Å². The molecule has 0 unspecified atom stereocenters. The van der Waals surface area contributed by atoms with Crippen molar-refractivity contribution >= 4 is 95.4 Å². The highest BCUT2D eigenvalue weighted by Crippen LogP contribution is 2.47. The van der Waals surface area contributed by atoms with Gasteiger partial charge in [-0.25, -0.2) is 0 Å². The van der Waals surface area contributed by atoms with Gasteiger partial charge in [0, 0.05) is 13.1 Å². The molecule has 6 heterocycles. The fourth-order valence-electron chi connectivity index (χ4n) is 9.89. The summed E-state index contributed by atoms with van der Waals surface area (Å²) in [6.45, 7) is 10.8. The maximum absolute atomic E-state index is 15.0. The molecule has 6 rings (SSSR count). The largest absolute Gasteiger partial charge is 0.306 e. The smallest absolute Gasteiger partial charge is 0.261 e. The molecule has 0 aliphatic carbocycles. The van der Waals surface area contributed by atoms with Crippen LogP contribution in [0.15, 0.2) is 32.5 Å². The zero-order valence-corrected chi connectivity index (χ0v) is 41.3. The lowest BCUT2D eigenvalue weighted by molar-refractivity contribution is 0.358. The summed E-state index contributed by atoms with van der Waals surface area (Å²) in [6, 6.07) is 4.38. The van der Waals surface area contributed by atoms with Crippen LogP contribution in [-0.2, 0) is 13.1 Å². The van der Waals surface area contributed by atoms with Gasteiger partial charge in [0.2, 0.25) is 0 Å². The van der Waals surface area contributed by atoms with E-state index in [2.05, 4.69) is 59.7 Å². The van der Waals surface area contributed by atoms with E-state index >= 15 is 9.59 Å². The molecule has 0 bridgehead atoms. The van der Waals surface area contributed by atoms with Gasteiger partial charge in [-0.3, -0.25) is 9.59 Å². The molecule has 0 aliphatic rings. The first-order chi connectivity index (χ1) is 29.5. The highest BCUT2D eigenvalue weighted by molar-refractivity contribution is 7.39. The first kappa shape index (κ1) is 47.5. The van der Waals surface area contributed by atoms with Crippen LogP contribution in [0.25, 0.3) is 50.0 Å². The summed E-state index contributed by atoms with van der Waals surface area (Å²) in [5.74, 6) is 1.02. The van der Waals surface area contributed by atoms with Gasteiger partial charge in [-0.1, -0.05) is 182 Å². The van der Waals surface area contributed by atoms with Gasteiger partial charge < -0.3 is 9.13 Å². The van der Waals surface area contributed by atoms with Gasteiger partial charge in [0.1, 0.15) is 0 Å². The fourth-order valence-corrected chi connectivity index (χ4v) is 14.8. The van der Waals surface area contributed by atoms with Gasteiger partial charge in [0.05, 0.1) is 50.0 Å². The zero-order valence-electron chi connectivity index (χ0n) is 38.0. The Labute approximate surface area is 378 Å². The summed E-state index contributed by atoms with van der Waals surface area (Å²) in [5, 5.41) is 6.09. The molecule has 332 valence electrons. The van der Waals surface area contributed by atoms with Crippen molar-refractivity contribution in [3.05, 3.63) is 43.6 Å². The Hall–Kier alpha value is -2.00. The lowest BCUT2D eigenvalue weighted by Crippen LogP contribution is -2.24. The second kappa shape index (κ2) is 25.3. The third kappa shape index (κ3) is 12.2. The number of rotatable bonds is 32. The first-order valence-corrected chi connectivity index (χ1v) is 28.3. The molecule has 0 aliphatic heterocycles. The molecule has 60 heavy (non-hydrogen) atoms. The third-order valence-electron chi connectivity index (χ3n) is 13.5. The van der Waals surface area contributed by atoms with E-state index in [1.54, 1.807) is 45.3 Å². The van der Waals surface area contributed by atoms with Gasteiger partial charge >= 0.3 is 0 Å². The fraction of sp³-hybridized carbons (Fsp3) is 0.692. The SMILES string of the molecule is CCCCCCCCC(CCCCCCCC)Cn1c(=O)c2c3sc4c5sccc5n(CC(CCCCCCCC)CCCCCCCC)c(=O)c4c3sc2c2sccc21. The van der Waals surface area contributed by atoms with E-state index in [1.807, 2.05) is 0 Å². The van der Waals surface area contributed by atoms with Crippen LogP contribution in [0, 0.1) is 11.8 Å². The van der Waals surface area contributed by atoms with Crippen LogP contribution in [0.5, 0.6) is 0 Å². The van der Waals surface area contributed by atoms with Crippen LogP contribution in [0.3, 0.4) is 0 Å². The lowest BCUT2D eigenvalue weighted by Gasteiger charge is -2.20. The van der Waals surface area contributed by atoms with E-state index < -0.39 is 0 Å². The Morgan fingerprint density at radius 1 is 0.400 bits per heavy atom. The van der Waals surface area contributed by atoms with Crippen molar-refractivity contribution in [3.8, 4) is 0 Å². The van der Waals surface area contributed by atoms with E-state index in [1.165, 1.54) is 189 Å². The van der Waals surface area contributed by atoms with E-state index in [-0.39, 0.29) is 11.1 Å². The molecule has 0 saturated heterocycles. The predicted octanol–water partition coefficient (Wildman–Crippen LogP) is 18.3. The van der Waals surface area contributed by atoms with Crippen molar-refractivity contribution in [2.75, 3.05) is 0 Å². The summed E-state index contributed by atoms with van der Waals surface area (Å²) in [5.41, 5.74) is 2.50. The summed E-state index contributed by atoms with van der Waals surface area (Å²) < 4.78 is 11.0. The molecule has 6 aromatic rings. The number of unbranched alkanes of at least 4 members (excludes halogenated alkanes) is 20. The number of pyridine rings is 2. The maximum atomic E-state index is 15.0. The number of hydrogen-bond donors (Lipinski definition) is 0. The quantitative estimate of drug-likeness (QED) is 0.0396. The summed E-state index contributed by atoms with van der Waals surface area (Å²) in [7, 11) is 0. The molecular weight excluding hydrogens is 813 g/mol. The van der Waals surface area contributed by atoms with Crippen LogP contribution in [0.2, 0.25) is 0 Å². The number of thiophene rings is 4. The number of nitrogens with zero attached hydrogens (tertiary/aromatic N) is 2. The van der Waals surface area contributed by atoms with Gasteiger partial charge in [-0.05, 0) is 60.4 Å². The summed E-state index contributed by atoms with van der Waals surface area (Å²) >= 11 is 6.98. The molecule has 0 aromatic carbocycles. The molecule has 0 atom stereocenters. The van der Waals surface area contributed by atoms with Crippen LogP contribution in [-0.4, -0.2) is 9.13 Å². The van der Waals surface area contributed by atoms with Gasteiger partial charge in [0.15, 0.2) is 0 Å². The second-order valence-corrected chi connectivity index (χ2v) is 22.2. The van der Waals surface area contributed by atoms with Gasteiger partial charge in [-0.15, -0.1) is 45.3 Å². The predicted molar refractivity (Wildman–Crippen MR) is 273 cm³/mol. The first-order valence-electron chi connectivity index (χ1n) is 24.9. The standard InChI is InChI=1S/C52H78N2O2S4/c1-5-9-13-17-21-25-29-39(30-26-22-18-14-10-6-2)37-53-41-33-35-57-45(41)47-43(51(53)55)49-50(59-47)44-48(60-49)46-42(34-36-58-46)54(52(44)56)38-40(31-27-23-19-15-11-7-3)32-28-24-20-16-12-8-4/h33-36,39-40H,5-32,37-38H2,1-4H3. The molecule has 8 heteroatoms. The van der Waals surface area contributed by atoms with Crippen LogP contribution in [0.1, 0.15) is 207 Å². The van der Waals surface area contributed by atoms with E-state index in [0.29, 0.717) is 11.8 Å². The minimum absolute atomic E-state index is 0.158. The normalized spacial score (nSPS) is 12.4. The van der Waals surface area contributed by atoms with E-state index in [4.69, 9.17) is 0 Å². The molecule has 0 spiro atoms. The Balaban J connectivity index is 1.33.